The van der Waals surface area contributed by atoms with Crippen LogP contribution in [0.25, 0.3) is 0 Å². The normalized spacial score (nSPS) is 18.2. The van der Waals surface area contributed by atoms with Gasteiger partial charge in [-0.3, -0.25) is 0 Å². The van der Waals surface area contributed by atoms with Crippen LogP contribution in [0.15, 0.2) is 18.2 Å². The van der Waals surface area contributed by atoms with Crippen LogP contribution in [0.4, 0.5) is 5.69 Å². The Morgan fingerprint density at radius 3 is 2.95 bits per heavy atom. The van der Waals surface area contributed by atoms with Crippen LogP contribution in [0.1, 0.15) is 30.9 Å². The Balaban J connectivity index is 2.21. The molecule has 2 rings (SSSR count). The Morgan fingerprint density at radius 1 is 1.32 bits per heavy atom. The summed E-state index contributed by atoms with van der Waals surface area (Å²) in [6, 6.07) is 6.99. The number of ether oxygens (including phenoxy) is 1. The van der Waals surface area contributed by atoms with Crippen LogP contribution in [-0.2, 0) is 11.2 Å². The van der Waals surface area contributed by atoms with E-state index in [1.54, 1.807) is 0 Å². The number of aryl methyl sites for hydroxylation is 1. The van der Waals surface area contributed by atoms with Crippen molar-refractivity contribution in [3.8, 4) is 0 Å². The molecule has 106 valence electrons. The fourth-order valence-corrected chi connectivity index (χ4v) is 2.60. The summed E-state index contributed by atoms with van der Waals surface area (Å²) in [4.78, 5) is 2.45. The van der Waals surface area contributed by atoms with Crippen molar-refractivity contribution in [2.45, 2.75) is 39.2 Å². The maximum atomic E-state index is 6.14. The Kier molecular flexibility index (Phi) is 5.23. The first-order valence-corrected chi connectivity index (χ1v) is 7.38. The lowest BCUT2D eigenvalue weighted by molar-refractivity contribution is 0.152. The number of hydrogen-bond acceptors (Lipinski definition) is 3. The zero-order chi connectivity index (χ0) is 13.7. The largest absolute Gasteiger partial charge is 0.380 e. The van der Waals surface area contributed by atoms with Gasteiger partial charge in [-0.15, -0.1) is 0 Å². The molecule has 1 atom stereocenters. The van der Waals surface area contributed by atoms with Gasteiger partial charge >= 0.3 is 0 Å². The van der Waals surface area contributed by atoms with E-state index in [1.165, 1.54) is 16.8 Å². The van der Waals surface area contributed by atoms with Crippen molar-refractivity contribution in [2.24, 2.45) is 5.73 Å². The van der Waals surface area contributed by atoms with Gasteiger partial charge in [0.25, 0.3) is 0 Å². The van der Waals surface area contributed by atoms with Gasteiger partial charge in [0.1, 0.15) is 0 Å². The number of nitrogens with two attached hydrogens (primary N) is 1. The second-order valence-corrected chi connectivity index (χ2v) is 5.46. The number of rotatable bonds is 4. The summed E-state index contributed by atoms with van der Waals surface area (Å²) in [5.41, 5.74) is 10.2. The average molecular weight is 262 g/mol. The second kappa shape index (κ2) is 6.92. The molecule has 0 aromatic heterocycles. The van der Waals surface area contributed by atoms with E-state index in [2.05, 4.69) is 36.9 Å². The van der Waals surface area contributed by atoms with Crippen molar-refractivity contribution in [2.75, 3.05) is 31.2 Å². The number of benzene rings is 1. The van der Waals surface area contributed by atoms with E-state index in [9.17, 15) is 0 Å². The van der Waals surface area contributed by atoms with Crippen molar-refractivity contribution in [3.63, 3.8) is 0 Å². The summed E-state index contributed by atoms with van der Waals surface area (Å²) < 4.78 is 5.55. The lowest BCUT2D eigenvalue weighted by Gasteiger charge is -2.26. The molecule has 3 heteroatoms. The highest BCUT2D eigenvalue weighted by atomic mass is 16.5. The van der Waals surface area contributed by atoms with E-state index in [4.69, 9.17) is 10.5 Å². The van der Waals surface area contributed by atoms with E-state index in [0.29, 0.717) is 0 Å². The highest BCUT2D eigenvalue weighted by Gasteiger charge is 2.15. The van der Waals surface area contributed by atoms with Gasteiger partial charge in [-0.05, 0) is 37.8 Å². The summed E-state index contributed by atoms with van der Waals surface area (Å²) in [7, 11) is 0. The summed E-state index contributed by atoms with van der Waals surface area (Å²) in [5, 5.41) is 0. The molecule has 0 amide bonds. The maximum absolute atomic E-state index is 6.14. The number of anilines is 1. The molecular formula is C16H26N2O. The highest BCUT2D eigenvalue weighted by molar-refractivity contribution is 5.55. The molecule has 1 saturated heterocycles. The van der Waals surface area contributed by atoms with E-state index in [0.717, 1.165) is 45.6 Å². The first-order chi connectivity index (χ1) is 9.20. The monoisotopic (exact) mass is 262 g/mol. The Morgan fingerprint density at radius 2 is 2.16 bits per heavy atom. The highest BCUT2D eigenvalue weighted by Crippen LogP contribution is 2.24. The predicted molar refractivity (Wildman–Crippen MR) is 80.8 cm³/mol. The maximum Gasteiger partial charge on any atom is 0.0641 e. The molecule has 1 aromatic carbocycles. The van der Waals surface area contributed by atoms with Gasteiger partial charge in [0.2, 0.25) is 0 Å². The number of hydrogen-bond donors (Lipinski definition) is 1. The number of nitrogens with zero attached hydrogens (tertiary/aromatic N) is 1. The summed E-state index contributed by atoms with van der Waals surface area (Å²) in [5.74, 6) is 0. The van der Waals surface area contributed by atoms with Gasteiger partial charge in [0, 0.05) is 31.4 Å². The molecule has 2 N–H and O–H groups in total. The van der Waals surface area contributed by atoms with Gasteiger partial charge in [-0.2, -0.15) is 0 Å². The zero-order valence-electron chi connectivity index (χ0n) is 12.2. The lowest BCUT2D eigenvalue weighted by Crippen LogP contribution is -2.29. The van der Waals surface area contributed by atoms with Crippen LogP contribution in [0.2, 0.25) is 0 Å². The van der Waals surface area contributed by atoms with E-state index >= 15 is 0 Å². The minimum absolute atomic E-state index is 0.253. The molecule has 0 bridgehead atoms. The van der Waals surface area contributed by atoms with Crippen LogP contribution >= 0.6 is 0 Å². The third-order valence-corrected chi connectivity index (χ3v) is 3.80. The van der Waals surface area contributed by atoms with E-state index < -0.39 is 0 Å². The van der Waals surface area contributed by atoms with Crippen molar-refractivity contribution >= 4 is 5.69 Å². The van der Waals surface area contributed by atoms with Crippen LogP contribution in [-0.4, -0.2) is 32.3 Å². The van der Waals surface area contributed by atoms with Crippen molar-refractivity contribution in [3.05, 3.63) is 29.3 Å². The standard InChI is InChI=1S/C16H26N2O/c1-3-15(17)12-14-11-13(2)5-6-16(14)18-7-4-9-19-10-8-18/h5-6,11,15H,3-4,7-10,12,17H2,1-2H3. The molecule has 19 heavy (non-hydrogen) atoms. The van der Waals surface area contributed by atoms with Gasteiger partial charge in [-0.25, -0.2) is 0 Å². The smallest absolute Gasteiger partial charge is 0.0641 e. The van der Waals surface area contributed by atoms with Crippen molar-refractivity contribution in [1.29, 1.82) is 0 Å². The van der Waals surface area contributed by atoms with Crippen LogP contribution in [0, 0.1) is 6.92 Å². The molecule has 1 fully saturated rings. The molecule has 1 aliphatic rings. The fraction of sp³-hybridized carbons (Fsp3) is 0.625. The van der Waals surface area contributed by atoms with Crippen molar-refractivity contribution < 1.29 is 4.74 Å². The third kappa shape index (κ3) is 3.95. The van der Waals surface area contributed by atoms with E-state index in [-0.39, 0.29) is 6.04 Å². The minimum Gasteiger partial charge on any atom is -0.380 e. The van der Waals surface area contributed by atoms with Gasteiger partial charge in [0.15, 0.2) is 0 Å². The Labute approximate surface area is 116 Å². The first-order valence-electron chi connectivity index (χ1n) is 7.38. The first kappa shape index (κ1) is 14.4. The van der Waals surface area contributed by atoms with E-state index in [1.807, 2.05) is 0 Å². The molecule has 0 saturated carbocycles. The topological polar surface area (TPSA) is 38.5 Å². The quantitative estimate of drug-likeness (QED) is 0.906. The van der Waals surface area contributed by atoms with Crippen LogP contribution < -0.4 is 10.6 Å². The zero-order valence-corrected chi connectivity index (χ0v) is 12.2. The molecule has 1 aliphatic heterocycles. The summed E-state index contributed by atoms with van der Waals surface area (Å²) in [6.45, 7) is 8.07. The minimum atomic E-state index is 0.253. The van der Waals surface area contributed by atoms with Crippen LogP contribution in [0.3, 0.4) is 0 Å². The third-order valence-electron chi connectivity index (χ3n) is 3.80. The average Bonchev–Trinajstić information content (AvgIpc) is 2.67. The molecular weight excluding hydrogens is 236 g/mol. The molecule has 1 heterocycles. The second-order valence-electron chi connectivity index (χ2n) is 5.46. The van der Waals surface area contributed by atoms with Crippen molar-refractivity contribution in [1.82, 2.24) is 0 Å². The lowest BCUT2D eigenvalue weighted by atomic mass is 10.00. The van der Waals surface area contributed by atoms with Crippen LogP contribution in [0.5, 0.6) is 0 Å². The van der Waals surface area contributed by atoms with Gasteiger partial charge in [0.05, 0.1) is 6.61 Å². The summed E-state index contributed by atoms with van der Waals surface area (Å²) in [6.07, 6.45) is 3.09. The molecule has 1 unspecified atom stereocenters. The molecule has 1 aromatic rings. The Bertz CT molecular complexity index is 398. The van der Waals surface area contributed by atoms with Gasteiger partial charge < -0.3 is 15.4 Å². The molecule has 0 spiro atoms. The SMILES string of the molecule is CCC(N)Cc1cc(C)ccc1N1CCCOCC1. The molecule has 3 nitrogen and oxygen atoms in total. The molecule has 0 radical (unpaired) electrons. The van der Waals surface area contributed by atoms with Gasteiger partial charge in [-0.1, -0.05) is 24.6 Å². The fourth-order valence-electron chi connectivity index (χ4n) is 2.60. The predicted octanol–water partition coefficient (Wildman–Crippen LogP) is 2.50. The Hall–Kier alpha value is -1.06. The summed E-state index contributed by atoms with van der Waals surface area (Å²) >= 11 is 0. The molecule has 0 aliphatic carbocycles.